The Bertz CT molecular complexity index is 403. The van der Waals surface area contributed by atoms with Crippen LogP contribution < -0.4 is 5.32 Å². The van der Waals surface area contributed by atoms with Crippen molar-refractivity contribution in [2.75, 3.05) is 13.6 Å². The number of benzene rings is 1. The maximum absolute atomic E-state index is 13.4. The summed E-state index contributed by atoms with van der Waals surface area (Å²) in [7, 11) is 1.98. The van der Waals surface area contributed by atoms with E-state index in [0.717, 1.165) is 24.4 Å². The molecule has 1 saturated carbocycles. The standard InChI is InChI=1S/C14H19ClFN/c1-14(9-17-2,11-4-5-11)8-10-3-6-12(15)13(16)7-10/h3,6-7,11,17H,4-5,8-9H2,1-2H3. The molecule has 3 heteroatoms. The molecule has 94 valence electrons. The van der Waals surface area contributed by atoms with Crippen molar-refractivity contribution in [2.45, 2.75) is 26.2 Å². The van der Waals surface area contributed by atoms with Gasteiger partial charge in [-0.3, -0.25) is 0 Å². The van der Waals surface area contributed by atoms with Gasteiger partial charge >= 0.3 is 0 Å². The summed E-state index contributed by atoms with van der Waals surface area (Å²) in [6.07, 6.45) is 3.51. The number of nitrogens with one attached hydrogen (secondary N) is 1. The van der Waals surface area contributed by atoms with Crippen LogP contribution in [0.15, 0.2) is 18.2 Å². The lowest BCUT2D eigenvalue weighted by Gasteiger charge is -2.29. The first-order valence-electron chi connectivity index (χ1n) is 6.14. The zero-order valence-corrected chi connectivity index (χ0v) is 11.1. The van der Waals surface area contributed by atoms with Crippen molar-refractivity contribution in [2.24, 2.45) is 11.3 Å². The average molecular weight is 256 g/mol. The minimum atomic E-state index is -0.313. The predicted octanol–water partition coefficient (Wildman–Crippen LogP) is 3.66. The molecule has 2 rings (SSSR count). The molecule has 0 radical (unpaired) electrons. The highest BCUT2D eigenvalue weighted by Gasteiger charge is 2.40. The van der Waals surface area contributed by atoms with Gasteiger partial charge in [0.2, 0.25) is 0 Å². The highest BCUT2D eigenvalue weighted by molar-refractivity contribution is 6.30. The summed E-state index contributed by atoms with van der Waals surface area (Å²) in [5.41, 5.74) is 1.27. The topological polar surface area (TPSA) is 12.0 Å². The molecule has 1 aromatic rings. The van der Waals surface area contributed by atoms with Gasteiger partial charge in [0.1, 0.15) is 5.82 Å². The Hall–Kier alpha value is -0.600. The second-order valence-corrected chi connectivity index (χ2v) is 5.79. The lowest BCUT2D eigenvalue weighted by atomic mass is 9.79. The normalized spacial score (nSPS) is 19.1. The predicted molar refractivity (Wildman–Crippen MR) is 69.9 cm³/mol. The second kappa shape index (κ2) is 4.95. The monoisotopic (exact) mass is 255 g/mol. The number of hydrogen-bond donors (Lipinski definition) is 1. The van der Waals surface area contributed by atoms with Crippen molar-refractivity contribution in [3.05, 3.63) is 34.6 Å². The summed E-state index contributed by atoms with van der Waals surface area (Å²) in [5, 5.41) is 3.46. The van der Waals surface area contributed by atoms with Crippen LogP contribution >= 0.6 is 11.6 Å². The van der Waals surface area contributed by atoms with Gasteiger partial charge in [0.05, 0.1) is 5.02 Å². The van der Waals surface area contributed by atoms with E-state index >= 15 is 0 Å². The summed E-state index contributed by atoms with van der Waals surface area (Å²) in [5.74, 6) is 0.459. The van der Waals surface area contributed by atoms with Crippen LogP contribution in [0.4, 0.5) is 4.39 Å². The van der Waals surface area contributed by atoms with Crippen LogP contribution in [0.2, 0.25) is 5.02 Å². The van der Waals surface area contributed by atoms with E-state index < -0.39 is 0 Å². The number of rotatable bonds is 5. The van der Waals surface area contributed by atoms with Gasteiger partial charge < -0.3 is 5.32 Å². The molecule has 0 amide bonds. The third kappa shape index (κ3) is 2.99. The van der Waals surface area contributed by atoms with Gasteiger partial charge in [0, 0.05) is 6.54 Å². The molecule has 1 nitrogen and oxygen atoms in total. The Labute approximate surface area is 107 Å². The van der Waals surface area contributed by atoms with Crippen LogP contribution in [0.1, 0.15) is 25.3 Å². The molecule has 1 aromatic carbocycles. The van der Waals surface area contributed by atoms with Crippen LogP contribution in [0, 0.1) is 17.2 Å². The first-order valence-corrected chi connectivity index (χ1v) is 6.51. The second-order valence-electron chi connectivity index (χ2n) is 5.38. The molecule has 1 aliphatic carbocycles. The lowest BCUT2D eigenvalue weighted by Crippen LogP contribution is -2.33. The molecule has 1 N–H and O–H groups in total. The van der Waals surface area contributed by atoms with Crippen molar-refractivity contribution in [1.29, 1.82) is 0 Å². The van der Waals surface area contributed by atoms with Crippen LogP contribution in [-0.2, 0) is 6.42 Å². The Balaban J connectivity index is 2.14. The highest BCUT2D eigenvalue weighted by Crippen LogP contribution is 2.47. The molecule has 0 aliphatic heterocycles. The van der Waals surface area contributed by atoms with E-state index in [1.54, 1.807) is 12.1 Å². The summed E-state index contributed by atoms with van der Waals surface area (Å²) in [6, 6.07) is 5.15. The third-order valence-electron chi connectivity index (χ3n) is 3.74. The van der Waals surface area contributed by atoms with Crippen molar-refractivity contribution in [3.8, 4) is 0 Å². The first-order chi connectivity index (χ1) is 8.05. The molecule has 1 unspecified atom stereocenters. The van der Waals surface area contributed by atoms with E-state index in [0.29, 0.717) is 0 Å². The average Bonchev–Trinajstić information content (AvgIpc) is 3.07. The molecule has 0 spiro atoms. The first kappa shape index (κ1) is 12.8. The summed E-state index contributed by atoms with van der Waals surface area (Å²) < 4.78 is 13.4. The quantitative estimate of drug-likeness (QED) is 0.847. The maximum Gasteiger partial charge on any atom is 0.142 e. The van der Waals surface area contributed by atoms with Gasteiger partial charge in [-0.05, 0) is 55.3 Å². The molecule has 1 fully saturated rings. The lowest BCUT2D eigenvalue weighted by molar-refractivity contribution is 0.262. The molecular weight excluding hydrogens is 237 g/mol. The number of halogens is 2. The van der Waals surface area contributed by atoms with Crippen molar-refractivity contribution in [3.63, 3.8) is 0 Å². The van der Waals surface area contributed by atoms with Crippen molar-refractivity contribution in [1.82, 2.24) is 5.32 Å². The summed E-state index contributed by atoms with van der Waals surface area (Å²) >= 11 is 5.70. The SMILES string of the molecule is CNCC(C)(Cc1ccc(Cl)c(F)c1)C1CC1. The minimum Gasteiger partial charge on any atom is -0.319 e. The van der Waals surface area contributed by atoms with Gasteiger partial charge in [-0.25, -0.2) is 4.39 Å². The Morgan fingerprint density at radius 3 is 2.71 bits per heavy atom. The van der Waals surface area contributed by atoms with E-state index in [9.17, 15) is 4.39 Å². The fourth-order valence-corrected chi connectivity index (χ4v) is 2.77. The summed E-state index contributed by atoms with van der Waals surface area (Å²) in [4.78, 5) is 0. The van der Waals surface area contributed by atoms with Gasteiger partial charge in [-0.15, -0.1) is 0 Å². The molecule has 17 heavy (non-hydrogen) atoms. The molecule has 0 bridgehead atoms. The van der Waals surface area contributed by atoms with Crippen molar-refractivity contribution < 1.29 is 4.39 Å². The van der Waals surface area contributed by atoms with Crippen LogP contribution in [0.3, 0.4) is 0 Å². The van der Waals surface area contributed by atoms with Gasteiger partial charge in [-0.2, -0.15) is 0 Å². The number of hydrogen-bond acceptors (Lipinski definition) is 1. The molecule has 0 saturated heterocycles. The van der Waals surface area contributed by atoms with Gasteiger partial charge in [-0.1, -0.05) is 24.6 Å². The molecule has 1 aliphatic rings. The maximum atomic E-state index is 13.4. The molecule has 1 atom stereocenters. The van der Waals surface area contributed by atoms with Gasteiger partial charge in [0.15, 0.2) is 0 Å². The Morgan fingerprint density at radius 2 is 2.18 bits per heavy atom. The molecule has 0 heterocycles. The summed E-state index contributed by atoms with van der Waals surface area (Å²) in [6.45, 7) is 3.26. The zero-order chi connectivity index (χ0) is 12.5. The van der Waals surface area contributed by atoms with E-state index in [-0.39, 0.29) is 16.3 Å². The highest BCUT2D eigenvalue weighted by atomic mass is 35.5. The Morgan fingerprint density at radius 1 is 1.47 bits per heavy atom. The van der Waals surface area contributed by atoms with E-state index in [2.05, 4.69) is 12.2 Å². The van der Waals surface area contributed by atoms with Crippen LogP contribution in [0.25, 0.3) is 0 Å². The fraction of sp³-hybridized carbons (Fsp3) is 0.571. The zero-order valence-electron chi connectivity index (χ0n) is 10.4. The molecule has 0 aromatic heterocycles. The van der Waals surface area contributed by atoms with Crippen LogP contribution in [0.5, 0.6) is 0 Å². The van der Waals surface area contributed by atoms with E-state index in [1.165, 1.54) is 12.8 Å². The smallest absolute Gasteiger partial charge is 0.142 e. The third-order valence-corrected chi connectivity index (χ3v) is 4.04. The van der Waals surface area contributed by atoms with Gasteiger partial charge in [0.25, 0.3) is 0 Å². The molecular formula is C14H19ClFN. The van der Waals surface area contributed by atoms with Crippen LogP contribution in [-0.4, -0.2) is 13.6 Å². The van der Waals surface area contributed by atoms with Crippen molar-refractivity contribution >= 4 is 11.6 Å². The largest absolute Gasteiger partial charge is 0.319 e. The minimum absolute atomic E-state index is 0.204. The Kier molecular flexibility index (Phi) is 3.74. The van der Waals surface area contributed by atoms with E-state index in [1.807, 2.05) is 13.1 Å². The fourth-order valence-electron chi connectivity index (χ4n) is 2.65. The van der Waals surface area contributed by atoms with E-state index in [4.69, 9.17) is 11.6 Å².